The first kappa shape index (κ1) is 28.6. The molecule has 1 saturated heterocycles. The predicted molar refractivity (Wildman–Crippen MR) is 153 cm³/mol. The van der Waals surface area contributed by atoms with Crippen LogP contribution in [0.25, 0.3) is 10.9 Å². The number of carbonyl (C=O) groups is 3. The number of carboxylic acids is 1. The lowest BCUT2D eigenvalue weighted by Gasteiger charge is -2.36. The Balaban J connectivity index is 1.37. The van der Waals surface area contributed by atoms with Crippen molar-refractivity contribution in [1.29, 1.82) is 0 Å². The topological polar surface area (TPSA) is 129 Å². The van der Waals surface area contributed by atoms with Crippen LogP contribution in [-0.4, -0.2) is 58.1 Å². The number of aromatic carboxylic acids is 1. The number of alkyl halides is 1. The summed E-state index contributed by atoms with van der Waals surface area (Å²) in [6.45, 7) is 1.96. The second kappa shape index (κ2) is 12.3. The summed E-state index contributed by atoms with van der Waals surface area (Å²) in [5, 5.41) is 13.5. The molecule has 5 N–H and O–H groups in total. The highest BCUT2D eigenvalue weighted by molar-refractivity contribution is 6.02. The van der Waals surface area contributed by atoms with E-state index in [1.54, 1.807) is 12.1 Å². The molecule has 3 atom stereocenters. The standard InChI is InChI=1S/C31H43FN4O4/c1-2-22-24-16-21(12-13-26(24)35-27(22)31(39)40)34-29(37)28-23(18-6-4-3-5-7-18)14-15-36(28)30(38)20-10-8-19(9-11-20)25(33)17-32/h12-13,16,18-20,23,25,28,35H,2-11,14-15,17,33H2,1H3,(H,34,37)(H,39,40)/t19?,20?,23-,25+,28-/m0/s1. The van der Waals surface area contributed by atoms with Crippen molar-refractivity contribution in [2.45, 2.75) is 89.6 Å². The van der Waals surface area contributed by atoms with Gasteiger partial charge in [-0.05, 0) is 80.0 Å². The number of benzene rings is 1. The highest BCUT2D eigenvalue weighted by atomic mass is 19.1. The number of halogens is 1. The van der Waals surface area contributed by atoms with E-state index in [9.17, 15) is 23.9 Å². The summed E-state index contributed by atoms with van der Waals surface area (Å²) in [5.41, 5.74) is 8.14. The lowest BCUT2D eigenvalue weighted by molar-refractivity contribution is -0.142. The van der Waals surface area contributed by atoms with Crippen LogP contribution < -0.4 is 11.1 Å². The van der Waals surface area contributed by atoms with Crippen LogP contribution in [-0.2, 0) is 16.0 Å². The van der Waals surface area contributed by atoms with Crippen LogP contribution in [0.1, 0.15) is 87.2 Å². The highest BCUT2D eigenvalue weighted by Crippen LogP contribution is 2.41. The lowest BCUT2D eigenvalue weighted by atomic mass is 9.76. The number of amides is 2. The molecule has 3 fully saturated rings. The van der Waals surface area contributed by atoms with Gasteiger partial charge in [0, 0.05) is 35.1 Å². The largest absolute Gasteiger partial charge is 0.477 e. The van der Waals surface area contributed by atoms with Crippen molar-refractivity contribution in [3.05, 3.63) is 29.5 Å². The van der Waals surface area contributed by atoms with E-state index in [1.807, 2.05) is 17.9 Å². The predicted octanol–water partition coefficient (Wildman–Crippen LogP) is 5.27. The van der Waals surface area contributed by atoms with Crippen LogP contribution in [0.4, 0.5) is 10.1 Å². The minimum absolute atomic E-state index is 0.0474. The van der Waals surface area contributed by atoms with Crippen LogP contribution in [0.2, 0.25) is 0 Å². The first-order valence-electron chi connectivity index (χ1n) is 15.1. The fourth-order valence-electron chi connectivity index (χ4n) is 7.70. The number of hydrogen-bond donors (Lipinski definition) is 4. The summed E-state index contributed by atoms with van der Waals surface area (Å²) < 4.78 is 13.1. The van der Waals surface area contributed by atoms with Crippen LogP contribution in [0.15, 0.2) is 18.2 Å². The number of aromatic amines is 1. The number of hydrogen-bond acceptors (Lipinski definition) is 4. The van der Waals surface area contributed by atoms with Gasteiger partial charge in [-0.2, -0.15) is 0 Å². The Kier molecular flexibility index (Phi) is 8.78. The fraction of sp³-hybridized carbons (Fsp3) is 0.645. The Labute approximate surface area is 235 Å². The second-order valence-electron chi connectivity index (χ2n) is 12.1. The Morgan fingerprint density at radius 3 is 2.48 bits per heavy atom. The molecule has 9 heteroatoms. The number of likely N-dealkylation sites (tertiary alicyclic amines) is 1. The average Bonchev–Trinajstić information content (AvgIpc) is 3.59. The Morgan fingerprint density at radius 2 is 1.82 bits per heavy atom. The molecule has 2 aromatic rings. The zero-order chi connectivity index (χ0) is 28.4. The molecule has 0 spiro atoms. The van der Waals surface area contributed by atoms with Crippen molar-refractivity contribution in [2.24, 2.45) is 29.4 Å². The quantitative estimate of drug-likeness (QED) is 0.354. The molecule has 0 bridgehead atoms. The van der Waals surface area contributed by atoms with Crippen LogP contribution >= 0.6 is 0 Å². The monoisotopic (exact) mass is 554 g/mol. The molecule has 0 radical (unpaired) electrons. The normalized spacial score (nSPS) is 26.6. The number of fused-ring (bicyclic) bond motifs is 1. The molecule has 5 rings (SSSR count). The van der Waals surface area contributed by atoms with Crippen molar-refractivity contribution in [2.75, 3.05) is 18.5 Å². The molecule has 1 aromatic carbocycles. The van der Waals surface area contributed by atoms with Gasteiger partial charge in [0.1, 0.15) is 18.4 Å². The van der Waals surface area contributed by atoms with Crippen molar-refractivity contribution < 1.29 is 23.9 Å². The maximum atomic E-state index is 14.0. The van der Waals surface area contributed by atoms with E-state index in [0.29, 0.717) is 48.5 Å². The van der Waals surface area contributed by atoms with E-state index in [2.05, 4.69) is 10.3 Å². The molecule has 3 aliphatic rings. The molecular formula is C31H43FN4O4. The number of nitrogens with zero attached hydrogens (tertiary/aromatic N) is 1. The molecule has 2 saturated carbocycles. The number of carbonyl (C=O) groups excluding carboxylic acids is 2. The van der Waals surface area contributed by atoms with E-state index in [4.69, 9.17) is 5.73 Å². The van der Waals surface area contributed by atoms with Gasteiger partial charge in [0.25, 0.3) is 0 Å². The molecular weight excluding hydrogens is 511 g/mol. The number of aromatic nitrogens is 1. The zero-order valence-electron chi connectivity index (χ0n) is 23.5. The number of carboxylic acid groups (broad SMARTS) is 1. The molecule has 218 valence electrons. The average molecular weight is 555 g/mol. The number of anilines is 1. The smallest absolute Gasteiger partial charge is 0.352 e. The van der Waals surface area contributed by atoms with Gasteiger partial charge in [-0.1, -0.05) is 39.0 Å². The molecule has 1 aliphatic heterocycles. The summed E-state index contributed by atoms with van der Waals surface area (Å²) >= 11 is 0. The summed E-state index contributed by atoms with van der Waals surface area (Å²) in [6.07, 6.45) is 9.98. The third kappa shape index (κ3) is 5.62. The highest BCUT2D eigenvalue weighted by Gasteiger charge is 2.47. The third-order valence-corrected chi connectivity index (χ3v) is 9.90. The van der Waals surface area contributed by atoms with Gasteiger partial charge in [0.2, 0.25) is 11.8 Å². The Morgan fingerprint density at radius 1 is 1.10 bits per heavy atom. The zero-order valence-corrected chi connectivity index (χ0v) is 23.5. The first-order chi connectivity index (χ1) is 19.3. The summed E-state index contributed by atoms with van der Waals surface area (Å²) in [4.78, 5) is 44.4. The molecule has 8 nitrogen and oxygen atoms in total. The first-order valence-corrected chi connectivity index (χ1v) is 15.1. The van der Waals surface area contributed by atoms with Gasteiger partial charge < -0.3 is 26.0 Å². The van der Waals surface area contributed by atoms with Gasteiger partial charge >= 0.3 is 5.97 Å². The van der Waals surface area contributed by atoms with E-state index in [0.717, 1.165) is 50.3 Å². The van der Waals surface area contributed by atoms with Gasteiger partial charge in [0.05, 0.1) is 0 Å². The maximum absolute atomic E-state index is 14.0. The minimum atomic E-state index is -1.00. The van der Waals surface area contributed by atoms with Gasteiger partial charge in [-0.3, -0.25) is 9.59 Å². The fourth-order valence-corrected chi connectivity index (χ4v) is 7.70. The van der Waals surface area contributed by atoms with Gasteiger partial charge in [-0.15, -0.1) is 0 Å². The van der Waals surface area contributed by atoms with E-state index < -0.39 is 24.7 Å². The van der Waals surface area contributed by atoms with E-state index in [1.165, 1.54) is 6.42 Å². The SMILES string of the molecule is CCc1c(C(=O)O)[nH]c2ccc(NC(=O)[C@@H]3[C@H](C4CCCCC4)CCN3C(=O)C3CCC([C@H](N)CF)CC3)cc12. The minimum Gasteiger partial charge on any atom is -0.477 e. The maximum Gasteiger partial charge on any atom is 0.352 e. The lowest BCUT2D eigenvalue weighted by Crippen LogP contribution is -2.50. The van der Waals surface area contributed by atoms with Crippen molar-refractivity contribution >= 4 is 34.4 Å². The second-order valence-corrected chi connectivity index (χ2v) is 12.1. The molecule has 1 aromatic heterocycles. The number of nitrogens with two attached hydrogens (primary N) is 1. The molecule has 0 unspecified atom stereocenters. The van der Waals surface area contributed by atoms with Crippen molar-refractivity contribution in [3.8, 4) is 0 Å². The third-order valence-electron chi connectivity index (χ3n) is 9.90. The molecule has 40 heavy (non-hydrogen) atoms. The molecule has 2 heterocycles. The van der Waals surface area contributed by atoms with Crippen molar-refractivity contribution in [1.82, 2.24) is 9.88 Å². The van der Waals surface area contributed by atoms with Crippen LogP contribution in [0.3, 0.4) is 0 Å². The van der Waals surface area contributed by atoms with E-state index >= 15 is 0 Å². The van der Waals surface area contributed by atoms with E-state index in [-0.39, 0.29) is 35.3 Å². The number of H-pyrrole nitrogens is 1. The summed E-state index contributed by atoms with van der Waals surface area (Å²) in [5.74, 6) is -0.609. The number of rotatable bonds is 8. The Bertz CT molecular complexity index is 1230. The van der Waals surface area contributed by atoms with Crippen LogP contribution in [0, 0.1) is 23.7 Å². The number of aryl methyl sites for hydroxylation is 1. The Hall–Kier alpha value is -2.94. The summed E-state index contributed by atoms with van der Waals surface area (Å²) in [7, 11) is 0. The van der Waals surface area contributed by atoms with Crippen molar-refractivity contribution in [3.63, 3.8) is 0 Å². The van der Waals surface area contributed by atoms with Gasteiger partial charge in [-0.25, -0.2) is 9.18 Å². The molecule has 2 amide bonds. The number of nitrogens with one attached hydrogen (secondary N) is 2. The van der Waals surface area contributed by atoms with Gasteiger partial charge in [0.15, 0.2) is 0 Å². The van der Waals surface area contributed by atoms with Crippen LogP contribution in [0.5, 0.6) is 0 Å². The summed E-state index contributed by atoms with van der Waals surface area (Å²) in [6, 6.07) is 4.43. The molecule has 2 aliphatic carbocycles.